The summed E-state index contributed by atoms with van der Waals surface area (Å²) in [5.41, 5.74) is 0.632. The van der Waals surface area contributed by atoms with E-state index in [2.05, 4.69) is 42.2 Å². The highest BCUT2D eigenvalue weighted by Gasteiger charge is 2.05. The molecule has 0 aliphatic carbocycles. The van der Waals surface area contributed by atoms with Crippen LogP contribution >= 0.6 is 12.6 Å². The molecule has 0 fully saturated rings. The molecule has 0 atom stereocenters. The molecule has 0 N–H and O–H groups in total. The van der Waals surface area contributed by atoms with Gasteiger partial charge in [0.1, 0.15) is 13.2 Å². The maximum Gasteiger partial charge on any atom is 0.333 e. The molecule has 0 amide bonds. The summed E-state index contributed by atoms with van der Waals surface area (Å²) in [5.74, 6) is 0.0870. The highest BCUT2D eigenvalue weighted by atomic mass is 32.1. The number of esters is 2. The standard InChI is InChI=1S/C12H26S.C10H14O4/c1-2-3-4-5-6-7-8-9-10-11-12-13;1-7(2)9(11)13-5-6-14-10(12)8(3)4/h13H,2-12H2,1H3;1,3,5-6H2,2,4H3. The first-order chi connectivity index (χ1) is 12.9. The Morgan fingerprint density at radius 1 is 0.704 bits per heavy atom. The van der Waals surface area contributed by atoms with E-state index in [9.17, 15) is 9.59 Å². The lowest BCUT2D eigenvalue weighted by atomic mass is 10.1. The topological polar surface area (TPSA) is 52.6 Å². The highest BCUT2D eigenvalue weighted by molar-refractivity contribution is 7.80. The second kappa shape index (κ2) is 21.1. The number of rotatable bonds is 15. The molecule has 0 aromatic heterocycles. The quantitative estimate of drug-likeness (QED) is 0.157. The molecule has 158 valence electrons. The van der Waals surface area contributed by atoms with Gasteiger partial charge >= 0.3 is 11.9 Å². The van der Waals surface area contributed by atoms with Gasteiger partial charge in [0.05, 0.1) is 0 Å². The molecule has 5 heteroatoms. The molecular weight excluding hydrogens is 360 g/mol. The number of hydrogen-bond acceptors (Lipinski definition) is 5. The lowest BCUT2D eigenvalue weighted by Crippen LogP contribution is -2.14. The van der Waals surface area contributed by atoms with Crippen molar-refractivity contribution < 1.29 is 19.1 Å². The predicted molar refractivity (Wildman–Crippen MR) is 117 cm³/mol. The zero-order valence-electron chi connectivity index (χ0n) is 17.7. The minimum absolute atomic E-state index is 0.0325. The van der Waals surface area contributed by atoms with Crippen LogP contribution in [0.1, 0.15) is 85.0 Å². The Kier molecular flexibility index (Phi) is 21.8. The Hall–Kier alpha value is -1.23. The molecule has 4 nitrogen and oxygen atoms in total. The maximum atomic E-state index is 10.8. The number of carbonyl (C=O) groups is 2. The normalized spacial score (nSPS) is 9.78. The molecule has 0 aromatic carbocycles. The summed E-state index contributed by atoms with van der Waals surface area (Å²) in [5, 5.41) is 0. The van der Waals surface area contributed by atoms with E-state index in [0.29, 0.717) is 11.1 Å². The summed E-state index contributed by atoms with van der Waals surface area (Å²) in [7, 11) is 0. The molecule has 0 aromatic rings. The van der Waals surface area contributed by atoms with Crippen molar-refractivity contribution in [2.75, 3.05) is 19.0 Å². The highest BCUT2D eigenvalue weighted by Crippen LogP contribution is 2.10. The first kappa shape index (κ1) is 28.0. The minimum Gasteiger partial charge on any atom is -0.459 e. The zero-order valence-corrected chi connectivity index (χ0v) is 18.6. The molecule has 0 rings (SSSR count). The van der Waals surface area contributed by atoms with Gasteiger partial charge in [-0.2, -0.15) is 12.6 Å². The Morgan fingerprint density at radius 2 is 1.04 bits per heavy atom. The van der Waals surface area contributed by atoms with Gasteiger partial charge in [0.25, 0.3) is 0 Å². The molecular formula is C22H40O4S. The summed E-state index contributed by atoms with van der Waals surface area (Å²) in [4.78, 5) is 21.7. The third-order valence-corrected chi connectivity index (χ3v) is 4.07. The number of hydrogen-bond donors (Lipinski definition) is 1. The van der Waals surface area contributed by atoms with Crippen molar-refractivity contribution in [1.29, 1.82) is 0 Å². The second-order valence-corrected chi connectivity index (χ2v) is 7.19. The Balaban J connectivity index is 0. The third kappa shape index (κ3) is 22.7. The molecule has 0 saturated heterocycles. The van der Waals surface area contributed by atoms with Crippen LogP contribution in [0, 0.1) is 0 Å². The summed E-state index contributed by atoms with van der Waals surface area (Å²) >= 11 is 4.20. The number of thiol groups is 1. The molecule has 0 unspecified atom stereocenters. The van der Waals surface area contributed by atoms with Crippen LogP contribution in [0.4, 0.5) is 0 Å². The van der Waals surface area contributed by atoms with Gasteiger partial charge in [-0.3, -0.25) is 0 Å². The van der Waals surface area contributed by atoms with Gasteiger partial charge in [-0.05, 0) is 26.0 Å². The van der Waals surface area contributed by atoms with Gasteiger partial charge in [0, 0.05) is 11.1 Å². The van der Waals surface area contributed by atoms with E-state index in [1.54, 1.807) is 13.8 Å². The smallest absolute Gasteiger partial charge is 0.333 e. The molecule has 0 heterocycles. The molecule has 0 saturated carbocycles. The van der Waals surface area contributed by atoms with Crippen molar-refractivity contribution in [3.63, 3.8) is 0 Å². The Bertz CT molecular complexity index is 381. The van der Waals surface area contributed by atoms with E-state index in [1.165, 1.54) is 64.2 Å². The van der Waals surface area contributed by atoms with Crippen LogP contribution in [0.25, 0.3) is 0 Å². The first-order valence-electron chi connectivity index (χ1n) is 10.1. The van der Waals surface area contributed by atoms with Crippen LogP contribution in [0.2, 0.25) is 0 Å². The zero-order chi connectivity index (χ0) is 20.9. The molecule has 0 aliphatic rings. The van der Waals surface area contributed by atoms with Crippen molar-refractivity contribution in [2.24, 2.45) is 0 Å². The molecule has 0 spiro atoms. The lowest BCUT2D eigenvalue weighted by Gasteiger charge is -2.05. The van der Waals surface area contributed by atoms with Crippen molar-refractivity contribution >= 4 is 24.6 Å². The number of unbranched alkanes of at least 4 members (excludes halogenated alkanes) is 9. The monoisotopic (exact) mass is 400 g/mol. The van der Waals surface area contributed by atoms with E-state index in [0.717, 1.165) is 5.75 Å². The van der Waals surface area contributed by atoms with Gasteiger partial charge in [-0.25, -0.2) is 9.59 Å². The summed E-state index contributed by atoms with van der Waals surface area (Å²) in [6.07, 6.45) is 14.2. The van der Waals surface area contributed by atoms with Crippen molar-refractivity contribution in [3.05, 3.63) is 24.3 Å². The molecule has 0 aliphatic heterocycles. The van der Waals surface area contributed by atoms with E-state index >= 15 is 0 Å². The average Bonchev–Trinajstić information content (AvgIpc) is 2.63. The predicted octanol–water partition coefficient (Wildman–Crippen LogP) is 6.06. The second-order valence-electron chi connectivity index (χ2n) is 6.74. The fourth-order valence-corrected chi connectivity index (χ4v) is 2.34. The molecule has 27 heavy (non-hydrogen) atoms. The van der Waals surface area contributed by atoms with Crippen molar-refractivity contribution in [1.82, 2.24) is 0 Å². The summed E-state index contributed by atoms with van der Waals surface area (Å²) in [6.45, 7) is 12.2. The number of carbonyl (C=O) groups excluding carboxylic acids is 2. The number of ether oxygens (including phenoxy) is 2. The van der Waals surface area contributed by atoms with Crippen LogP contribution in [0.3, 0.4) is 0 Å². The van der Waals surface area contributed by atoms with Gasteiger partial charge in [-0.1, -0.05) is 77.9 Å². The van der Waals surface area contributed by atoms with Crippen LogP contribution in [-0.2, 0) is 19.1 Å². The van der Waals surface area contributed by atoms with Gasteiger partial charge < -0.3 is 9.47 Å². The van der Waals surface area contributed by atoms with Gasteiger partial charge in [-0.15, -0.1) is 0 Å². The maximum absolute atomic E-state index is 10.8. The fraction of sp³-hybridized carbons (Fsp3) is 0.727. The Labute approximate surface area is 172 Å². The van der Waals surface area contributed by atoms with Crippen molar-refractivity contribution in [2.45, 2.75) is 85.0 Å². The first-order valence-corrected chi connectivity index (χ1v) is 10.8. The van der Waals surface area contributed by atoms with Crippen LogP contribution in [-0.4, -0.2) is 30.9 Å². The van der Waals surface area contributed by atoms with Gasteiger partial charge in [0.15, 0.2) is 0 Å². The van der Waals surface area contributed by atoms with E-state index < -0.39 is 11.9 Å². The van der Waals surface area contributed by atoms with E-state index in [1.807, 2.05) is 0 Å². The SMILES string of the molecule is C=C(C)C(=O)OCCOC(=O)C(=C)C.CCCCCCCCCCCCS. The van der Waals surface area contributed by atoms with Crippen LogP contribution in [0.15, 0.2) is 24.3 Å². The van der Waals surface area contributed by atoms with Crippen LogP contribution in [0.5, 0.6) is 0 Å². The van der Waals surface area contributed by atoms with Gasteiger partial charge in [0.2, 0.25) is 0 Å². The van der Waals surface area contributed by atoms with Crippen molar-refractivity contribution in [3.8, 4) is 0 Å². The fourth-order valence-electron chi connectivity index (χ4n) is 2.11. The largest absolute Gasteiger partial charge is 0.459 e. The minimum atomic E-state index is -0.489. The summed E-state index contributed by atoms with van der Waals surface area (Å²) in [6, 6.07) is 0. The molecule has 0 bridgehead atoms. The van der Waals surface area contributed by atoms with E-state index in [4.69, 9.17) is 0 Å². The van der Waals surface area contributed by atoms with E-state index in [-0.39, 0.29) is 13.2 Å². The van der Waals surface area contributed by atoms with Crippen LogP contribution < -0.4 is 0 Å². The average molecular weight is 401 g/mol. The third-order valence-electron chi connectivity index (χ3n) is 3.76. The Morgan fingerprint density at radius 3 is 1.33 bits per heavy atom. The summed E-state index contributed by atoms with van der Waals surface area (Å²) < 4.78 is 9.38. The molecule has 0 radical (unpaired) electrons. The lowest BCUT2D eigenvalue weighted by molar-refractivity contribution is -0.147.